The highest BCUT2D eigenvalue weighted by atomic mass is 16.5. The third-order valence-corrected chi connectivity index (χ3v) is 4.29. The van der Waals surface area contributed by atoms with Crippen molar-refractivity contribution < 1.29 is 14.3 Å². The summed E-state index contributed by atoms with van der Waals surface area (Å²) in [5.41, 5.74) is 1.01. The van der Waals surface area contributed by atoms with Crippen LogP contribution < -0.4 is 19.7 Å². The van der Waals surface area contributed by atoms with Crippen molar-refractivity contribution >= 4 is 11.7 Å². The number of anilines is 1. The number of hydrogen-bond donors (Lipinski definition) is 1. The lowest BCUT2D eigenvalue weighted by Gasteiger charge is -2.36. The van der Waals surface area contributed by atoms with E-state index in [4.69, 9.17) is 9.47 Å². The first kappa shape index (κ1) is 18.2. The Morgan fingerprint density at radius 1 is 1.17 bits per heavy atom. The molecule has 1 heterocycles. The molecule has 1 aromatic rings. The van der Waals surface area contributed by atoms with Gasteiger partial charge in [0.2, 0.25) is 0 Å². The standard InChI is InChI=1S/C18H29N3O3/c1-14(2)7-8-19-18(22)21-11-9-20(10-12-21)16-13-15(23-3)5-6-17(16)24-4/h5-6,13-14H,7-12H2,1-4H3,(H,19,22). The Hall–Kier alpha value is -2.11. The lowest BCUT2D eigenvalue weighted by atomic mass is 10.1. The number of hydrogen-bond acceptors (Lipinski definition) is 4. The summed E-state index contributed by atoms with van der Waals surface area (Å²) in [7, 11) is 3.33. The van der Waals surface area contributed by atoms with Crippen LogP contribution in [0, 0.1) is 5.92 Å². The Morgan fingerprint density at radius 2 is 1.88 bits per heavy atom. The Kier molecular flexibility index (Phi) is 6.58. The number of urea groups is 1. The van der Waals surface area contributed by atoms with E-state index in [1.165, 1.54) is 0 Å². The fourth-order valence-corrected chi connectivity index (χ4v) is 2.77. The number of carbonyl (C=O) groups excluding carboxylic acids is 1. The number of carbonyl (C=O) groups is 1. The highest BCUT2D eigenvalue weighted by molar-refractivity contribution is 5.74. The van der Waals surface area contributed by atoms with Crippen LogP contribution >= 0.6 is 0 Å². The predicted molar refractivity (Wildman–Crippen MR) is 96.2 cm³/mol. The minimum Gasteiger partial charge on any atom is -0.497 e. The van der Waals surface area contributed by atoms with Crippen molar-refractivity contribution in [2.75, 3.05) is 51.8 Å². The molecule has 2 rings (SSSR count). The van der Waals surface area contributed by atoms with Crippen molar-refractivity contribution in [3.05, 3.63) is 18.2 Å². The van der Waals surface area contributed by atoms with Crippen molar-refractivity contribution in [1.29, 1.82) is 0 Å². The molecule has 0 atom stereocenters. The van der Waals surface area contributed by atoms with Gasteiger partial charge in [-0.1, -0.05) is 13.8 Å². The van der Waals surface area contributed by atoms with Gasteiger partial charge in [-0.2, -0.15) is 0 Å². The number of benzene rings is 1. The lowest BCUT2D eigenvalue weighted by molar-refractivity contribution is 0.193. The van der Waals surface area contributed by atoms with E-state index in [1.54, 1.807) is 14.2 Å². The number of nitrogens with one attached hydrogen (secondary N) is 1. The van der Waals surface area contributed by atoms with E-state index in [9.17, 15) is 4.79 Å². The predicted octanol–water partition coefficient (Wildman–Crippen LogP) is 2.58. The van der Waals surface area contributed by atoms with Crippen LogP contribution in [0.25, 0.3) is 0 Å². The Bertz CT molecular complexity index is 540. The molecular weight excluding hydrogens is 306 g/mol. The topological polar surface area (TPSA) is 54.0 Å². The van der Waals surface area contributed by atoms with Gasteiger partial charge in [-0.3, -0.25) is 0 Å². The number of methoxy groups -OCH3 is 2. The Labute approximate surface area is 144 Å². The summed E-state index contributed by atoms with van der Waals surface area (Å²) in [5, 5.41) is 3.00. The van der Waals surface area contributed by atoms with Crippen LogP contribution in [0.2, 0.25) is 0 Å². The van der Waals surface area contributed by atoms with E-state index in [0.717, 1.165) is 43.2 Å². The van der Waals surface area contributed by atoms with Crippen molar-refractivity contribution in [2.24, 2.45) is 5.92 Å². The Balaban J connectivity index is 1.91. The third kappa shape index (κ3) is 4.69. The van der Waals surface area contributed by atoms with Crippen LogP contribution in [0.3, 0.4) is 0 Å². The largest absolute Gasteiger partial charge is 0.497 e. The van der Waals surface area contributed by atoms with Crippen LogP contribution in [0.5, 0.6) is 11.5 Å². The van der Waals surface area contributed by atoms with Gasteiger partial charge < -0.3 is 24.6 Å². The monoisotopic (exact) mass is 335 g/mol. The molecule has 24 heavy (non-hydrogen) atoms. The second-order valence-electron chi connectivity index (χ2n) is 6.43. The van der Waals surface area contributed by atoms with Crippen molar-refractivity contribution in [2.45, 2.75) is 20.3 Å². The summed E-state index contributed by atoms with van der Waals surface area (Å²) in [6.45, 7) is 8.02. The highest BCUT2D eigenvalue weighted by Gasteiger charge is 2.23. The first-order valence-electron chi connectivity index (χ1n) is 8.55. The van der Waals surface area contributed by atoms with Gasteiger partial charge in [0.25, 0.3) is 0 Å². The molecule has 2 amide bonds. The molecule has 0 radical (unpaired) electrons. The van der Waals surface area contributed by atoms with Crippen molar-refractivity contribution in [3.8, 4) is 11.5 Å². The maximum absolute atomic E-state index is 12.2. The zero-order valence-electron chi connectivity index (χ0n) is 15.2. The van der Waals surface area contributed by atoms with Crippen molar-refractivity contribution in [3.63, 3.8) is 0 Å². The molecule has 0 aliphatic carbocycles. The molecule has 6 nitrogen and oxygen atoms in total. The molecule has 0 saturated carbocycles. The minimum absolute atomic E-state index is 0.0351. The van der Waals surface area contributed by atoms with Gasteiger partial charge in [0, 0.05) is 38.8 Å². The zero-order chi connectivity index (χ0) is 17.5. The van der Waals surface area contributed by atoms with Crippen LogP contribution in [-0.2, 0) is 0 Å². The summed E-state index contributed by atoms with van der Waals surface area (Å²) in [6.07, 6.45) is 1.01. The van der Waals surface area contributed by atoms with Gasteiger partial charge in [0.05, 0.1) is 19.9 Å². The molecule has 1 saturated heterocycles. The number of piperazine rings is 1. The number of nitrogens with zero attached hydrogens (tertiary/aromatic N) is 2. The molecule has 134 valence electrons. The smallest absolute Gasteiger partial charge is 0.317 e. The van der Waals surface area contributed by atoms with Crippen LogP contribution in [0.4, 0.5) is 10.5 Å². The van der Waals surface area contributed by atoms with Gasteiger partial charge >= 0.3 is 6.03 Å². The fourth-order valence-electron chi connectivity index (χ4n) is 2.77. The second-order valence-corrected chi connectivity index (χ2v) is 6.43. The van der Waals surface area contributed by atoms with Gasteiger partial charge in [0.1, 0.15) is 11.5 Å². The van der Waals surface area contributed by atoms with E-state index in [1.807, 2.05) is 23.1 Å². The summed E-state index contributed by atoms with van der Waals surface area (Å²) in [6, 6.07) is 5.82. The molecule has 1 aromatic carbocycles. The van der Waals surface area contributed by atoms with E-state index < -0.39 is 0 Å². The number of rotatable bonds is 6. The van der Waals surface area contributed by atoms with Gasteiger partial charge in [0.15, 0.2) is 0 Å². The average Bonchev–Trinajstić information content (AvgIpc) is 2.60. The maximum atomic E-state index is 12.2. The minimum atomic E-state index is 0.0351. The highest BCUT2D eigenvalue weighted by Crippen LogP contribution is 2.32. The molecule has 0 unspecified atom stereocenters. The molecule has 1 aliphatic rings. The lowest BCUT2D eigenvalue weighted by Crippen LogP contribution is -2.52. The van der Waals surface area contributed by atoms with Crippen LogP contribution in [0.15, 0.2) is 18.2 Å². The summed E-state index contributed by atoms with van der Waals surface area (Å²) < 4.78 is 10.8. The van der Waals surface area contributed by atoms with Gasteiger partial charge in [-0.05, 0) is 24.5 Å². The summed E-state index contributed by atoms with van der Waals surface area (Å²) in [5.74, 6) is 2.23. The molecule has 6 heteroatoms. The summed E-state index contributed by atoms with van der Waals surface area (Å²) in [4.78, 5) is 16.3. The first-order valence-corrected chi connectivity index (χ1v) is 8.55. The summed E-state index contributed by atoms with van der Waals surface area (Å²) >= 11 is 0. The van der Waals surface area contributed by atoms with E-state index in [0.29, 0.717) is 19.0 Å². The normalized spacial score (nSPS) is 14.7. The maximum Gasteiger partial charge on any atom is 0.317 e. The first-order chi connectivity index (χ1) is 11.5. The second kappa shape index (κ2) is 8.66. The SMILES string of the molecule is COc1ccc(OC)c(N2CCN(C(=O)NCCC(C)C)CC2)c1. The quantitative estimate of drug-likeness (QED) is 0.868. The molecule has 1 N–H and O–H groups in total. The van der Waals surface area contributed by atoms with Crippen LogP contribution in [0.1, 0.15) is 20.3 Å². The fraction of sp³-hybridized carbons (Fsp3) is 0.611. The molecule has 0 aromatic heterocycles. The Morgan fingerprint density at radius 3 is 2.46 bits per heavy atom. The average molecular weight is 335 g/mol. The molecular formula is C18H29N3O3. The molecule has 1 aliphatic heterocycles. The number of amides is 2. The zero-order valence-corrected chi connectivity index (χ0v) is 15.2. The molecule has 0 spiro atoms. The van der Waals surface area contributed by atoms with Crippen molar-refractivity contribution in [1.82, 2.24) is 10.2 Å². The van der Waals surface area contributed by atoms with E-state index in [2.05, 4.69) is 24.1 Å². The van der Waals surface area contributed by atoms with E-state index in [-0.39, 0.29) is 6.03 Å². The molecule has 0 bridgehead atoms. The van der Waals surface area contributed by atoms with Gasteiger partial charge in [-0.25, -0.2) is 4.79 Å². The van der Waals surface area contributed by atoms with E-state index >= 15 is 0 Å². The molecule has 1 fully saturated rings. The number of ether oxygens (including phenoxy) is 2. The third-order valence-electron chi connectivity index (χ3n) is 4.29. The van der Waals surface area contributed by atoms with Gasteiger partial charge in [-0.15, -0.1) is 0 Å². The van der Waals surface area contributed by atoms with Crippen LogP contribution in [-0.4, -0.2) is 57.9 Å².